The third-order valence-electron chi connectivity index (χ3n) is 5.72. The van der Waals surface area contributed by atoms with E-state index in [0.29, 0.717) is 28.6 Å². The number of amides is 2. The van der Waals surface area contributed by atoms with E-state index >= 15 is 0 Å². The number of piperidine rings is 1. The molecule has 28 heavy (non-hydrogen) atoms. The summed E-state index contributed by atoms with van der Waals surface area (Å²) in [4.78, 5) is 27.5. The van der Waals surface area contributed by atoms with Gasteiger partial charge in [0, 0.05) is 18.7 Å². The maximum absolute atomic E-state index is 12.9. The summed E-state index contributed by atoms with van der Waals surface area (Å²) < 4.78 is 0. The predicted molar refractivity (Wildman–Crippen MR) is 116 cm³/mol. The first-order valence-corrected chi connectivity index (χ1v) is 10.5. The van der Waals surface area contributed by atoms with E-state index in [1.54, 1.807) is 6.07 Å². The van der Waals surface area contributed by atoms with Crippen LogP contribution in [0.2, 0.25) is 0 Å². The number of halogens is 1. The number of fused-ring (bicyclic) bond motifs is 1. The van der Waals surface area contributed by atoms with Crippen molar-refractivity contribution in [2.75, 3.05) is 25.0 Å². The quantitative estimate of drug-likeness (QED) is 0.792. The Kier molecular flexibility index (Phi) is 6.75. The van der Waals surface area contributed by atoms with Crippen LogP contribution in [0, 0.1) is 5.92 Å². The molecule has 0 saturated carbocycles. The number of thiophene rings is 1. The minimum absolute atomic E-state index is 0. The fourth-order valence-corrected chi connectivity index (χ4v) is 4.78. The minimum atomic E-state index is -0.150. The second kappa shape index (κ2) is 9.07. The van der Waals surface area contributed by atoms with E-state index < -0.39 is 0 Å². The number of benzene rings is 1. The highest BCUT2D eigenvalue weighted by atomic mass is 35.5. The molecule has 1 saturated heterocycles. The fourth-order valence-electron chi connectivity index (χ4n) is 4.00. The molecule has 1 aliphatic heterocycles. The zero-order valence-corrected chi connectivity index (χ0v) is 17.4. The van der Waals surface area contributed by atoms with Crippen LogP contribution in [0.5, 0.6) is 0 Å². The molecule has 4 rings (SSSR count). The summed E-state index contributed by atoms with van der Waals surface area (Å²) in [6.07, 6.45) is 5.19. The van der Waals surface area contributed by atoms with Gasteiger partial charge in [0.2, 0.25) is 0 Å². The van der Waals surface area contributed by atoms with Crippen molar-refractivity contribution >= 4 is 40.6 Å². The molecule has 150 valence electrons. The molecule has 2 heterocycles. The van der Waals surface area contributed by atoms with E-state index in [1.807, 2.05) is 22.4 Å². The Bertz CT molecular complexity index is 859. The van der Waals surface area contributed by atoms with E-state index in [9.17, 15) is 9.59 Å². The average Bonchev–Trinajstić information content (AvgIpc) is 3.36. The van der Waals surface area contributed by atoms with Gasteiger partial charge in [0.25, 0.3) is 11.8 Å². The van der Waals surface area contributed by atoms with Crippen LogP contribution in [0.15, 0.2) is 29.6 Å². The third kappa shape index (κ3) is 4.24. The molecule has 1 aliphatic carbocycles. The highest BCUT2D eigenvalue weighted by molar-refractivity contribution is 7.14. The van der Waals surface area contributed by atoms with Crippen molar-refractivity contribution in [1.29, 1.82) is 0 Å². The van der Waals surface area contributed by atoms with Crippen molar-refractivity contribution in [3.63, 3.8) is 0 Å². The van der Waals surface area contributed by atoms with E-state index in [-0.39, 0.29) is 24.2 Å². The lowest BCUT2D eigenvalue weighted by atomic mass is 9.97. The zero-order chi connectivity index (χ0) is 18.8. The molecular formula is C21H26ClN3O2S. The lowest BCUT2D eigenvalue weighted by Crippen LogP contribution is -2.40. The Balaban J connectivity index is 0.00000225. The molecule has 0 bridgehead atoms. The largest absolute Gasteiger partial charge is 0.339 e. The van der Waals surface area contributed by atoms with Gasteiger partial charge < -0.3 is 16.0 Å². The van der Waals surface area contributed by atoms with Gasteiger partial charge in [-0.3, -0.25) is 9.59 Å². The Morgan fingerprint density at radius 2 is 1.89 bits per heavy atom. The van der Waals surface area contributed by atoms with Crippen LogP contribution in [0.3, 0.4) is 0 Å². The number of anilines is 1. The summed E-state index contributed by atoms with van der Waals surface area (Å²) in [6.45, 7) is 2.14. The molecule has 2 aliphatic rings. The van der Waals surface area contributed by atoms with Crippen LogP contribution >= 0.6 is 23.7 Å². The molecule has 0 radical (unpaired) electrons. The van der Waals surface area contributed by atoms with Crippen molar-refractivity contribution in [3.8, 4) is 0 Å². The lowest BCUT2D eigenvalue weighted by molar-refractivity contribution is 0.0695. The molecular weight excluding hydrogens is 394 g/mol. The van der Waals surface area contributed by atoms with E-state index in [2.05, 4.69) is 11.4 Å². The molecule has 0 unspecified atom stereocenters. The molecule has 2 amide bonds. The van der Waals surface area contributed by atoms with Gasteiger partial charge in [-0.15, -0.1) is 23.7 Å². The number of carbonyl (C=O) groups excluding carboxylic acids is 2. The van der Waals surface area contributed by atoms with Crippen molar-refractivity contribution in [2.24, 2.45) is 11.7 Å². The van der Waals surface area contributed by atoms with Crippen molar-refractivity contribution in [3.05, 3.63) is 51.9 Å². The van der Waals surface area contributed by atoms with Gasteiger partial charge in [-0.1, -0.05) is 6.07 Å². The van der Waals surface area contributed by atoms with Crippen LogP contribution in [0.1, 0.15) is 51.1 Å². The van der Waals surface area contributed by atoms with Gasteiger partial charge in [0.1, 0.15) is 5.00 Å². The summed E-state index contributed by atoms with van der Waals surface area (Å²) >= 11 is 1.40. The molecule has 3 N–H and O–H groups in total. The topological polar surface area (TPSA) is 75.4 Å². The summed E-state index contributed by atoms with van der Waals surface area (Å²) in [6, 6.07) is 7.73. The maximum Gasteiger partial charge on any atom is 0.256 e. The number of likely N-dealkylation sites (tertiary alicyclic amines) is 1. The molecule has 1 aromatic heterocycles. The summed E-state index contributed by atoms with van der Waals surface area (Å²) in [5.41, 5.74) is 9.60. The lowest BCUT2D eigenvalue weighted by Gasteiger charge is -2.31. The Hall–Kier alpha value is -1.89. The Morgan fingerprint density at radius 1 is 1.14 bits per heavy atom. The minimum Gasteiger partial charge on any atom is -0.339 e. The first kappa shape index (κ1) is 20.8. The summed E-state index contributed by atoms with van der Waals surface area (Å²) in [7, 11) is 0. The Morgan fingerprint density at radius 3 is 2.64 bits per heavy atom. The highest BCUT2D eigenvalue weighted by Gasteiger charge is 2.25. The van der Waals surface area contributed by atoms with Crippen molar-refractivity contribution in [2.45, 2.75) is 32.1 Å². The fraction of sp³-hybridized carbons (Fsp3) is 0.429. The number of rotatable bonds is 4. The monoisotopic (exact) mass is 419 g/mol. The first-order valence-electron chi connectivity index (χ1n) is 9.65. The smallest absolute Gasteiger partial charge is 0.256 e. The number of nitrogens with zero attached hydrogens (tertiary/aromatic N) is 1. The number of carbonyl (C=O) groups is 2. The standard InChI is InChI=1S/C21H25N3O2S.ClH/c22-13-14-6-9-24(10-7-14)21(26)18-8-11-27-20(18)23-19(25)17-5-4-15-2-1-3-16(15)12-17;/h4-5,8,11-12,14H,1-3,6-7,9-10,13,22H2,(H,23,25);1H. The Labute approximate surface area is 175 Å². The molecule has 7 heteroatoms. The maximum atomic E-state index is 12.9. The van der Waals surface area contributed by atoms with Gasteiger partial charge in [0.05, 0.1) is 5.56 Å². The SMILES string of the molecule is Cl.NCC1CCN(C(=O)c2ccsc2NC(=O)c2ccc3c(c2)CCC3)CC1. The molecule has 2 aromatic rings. The molecule has 0 spiro atoms. The first-order chi connectivity index (χ1) is 13.2. The van der Waals surface area contributed by atoms with Crippen LogP contribution in [-0.2, 0) is 12.8 Å². The third-order valence-corrected chi connectivity index (χ3v) is 6.55. The highest BCUT2D eigenvalue weighted by Crippen LogP contribution is 2.28. The number of aryl methyl sites for hydroxylation is 2. The number of nitrogens with one attached hydrogen (secondary N) is 1. The summed E-state index contributed by atoms with van der Waals surface area (Å²) in [5.74, 6) is 0.356. The normalized spacial score (nSPS) is 16.4. The van der Waals surface area contributed by atoms with Gasteiger partial charge in [-0.2, -0.15) is 0 Å². The summed E-state index contributed by atoms with van der Waals surface area (Å²) in [5, 5.41) is 5.44. The van der Waals surface area contributed by atoms with Gasteiger partial charge in [-0.05, 0) is 79.3 Å². The molecule has 5 nitrogen and oxygen atoms in total. The van der Waals surface area contributed by atoms with Gasteiger partial charge >= 0.3 is 0 Å². The van der Waals surface area contributed by atoms with Crippen LogP contribution in [-0.4, -0.2) is 36.3 Å². The van der Waals surface area contributed by atoms with Crippen LogP contribution < -0.4 is 11.1 Å². The van der Waals surface area contributed by atoms with Crippen molar-refractivity contribution < 1.29 is 9.59 Å². The number of nitrogens with two attached hydrogens (primary N) is 1. The predicted octanol–water partition coefficient (Wildman–Crippen LogP) is 3.72. The van der Waals surface area contributed by atoms with Crippen LogP contribution in [0.4, 0.5) is 5.00 Å². The van der Waals surface area contributed by atoms with E-state index in [1.165, 1.54) is 22.5 Å². The van der Waals surface area contributed by atoms with E-state index in [4.69, 9.17) is 5.73 Å². The average molecular weight is 420 g/mol. The van der Waals surface area contributed by atoms with Crippen LogP contribution in [0.25, 0.3) is 0 Å². The molecule has 1 fully saturated rings. The molecule has 0 atom stereocenters. The number of hydrogen-bond acceptors (Lipinski definition) is 4. The second-order valence-corrected chi connectivity index (χ2v) is 8.34. The van der Waals surface area contributed by atoms with Gasteiger partial charge in [0.15, 0.2) is 0 Å². The van der Waals surface area contributed by atoms with E-state index in [0.717, 1.165) is 45.2 Å². The second-order valence-electron chi connectivity index (χ2n) is 7.43. The van der Waals surface area contributed by atoms with Crippen molar-refractivity contribution in [1.82, 2.24) is 4.90 Å². The zero-order valence-electron chi connectivity index (χ0n) is 15.8. The molecule has 1 aromatic carbocycles. The van der Waals surface area contributed by atoms with Gasteiger partial charge in [-0.25, -0.2) is 0 Å². The number of hydrogen-bond donors (Lipinski definition) is 2.